The van der Waals surface area contributed by atoms with Gasteiger partial charge in [0, 0.05) is 16.7 Å². The van der Waals surface area contributed by atoms with Crippen LogP contribution in [0.1, 0.15) is 67.2 Å². The Balaban J connectivity index is 1.65. The first-order valence-corrected chi connectivity index (χ1v) is 12.9. The van der Waals surface area contributed by atoms with Gasteiger partial charge in [0.05, 0.1) is 17.8 Å². The van der Waals surface area contributed by atoms with Gasteiger partial charge in [0.1, 0.15) is 18.4 Å². The first-order valence-electron chi connectivity index (χ1n) is 12.9. The number of halogens is 1. The zero-order chi connectivity index (χ0) is 24.8. The van der Waals surface area contributed by atoms with E-state index in [1.807, 2.05) is 33.8 Å². The summed E-state index contributed by atoms with van der Waals surface area (Å²) in [6.07, 6.45) is 5.96. The van der Waals surface area contributed by atoms with Crippen LogP contribution in [0.5, 0.6) is 0 Å². The lowest BCUT2D eigenvalue weighted by molar-refractivity contribution is -0.217. The maximum atomic E-state index is 15.8. The molecule has 5 nitrogen and oxygen atoms in total. The molecule has 3 saturated carbocycles. The predicted molar refractivity (Wildman–Crippen MR) is 126 cm³/mol. The van der Waals surface area contributed by atoms with Crippen molar-refractivity contribution in [2.24, 2.45) is 34.5 Å². The molecule has 0 amide bonds. The van der Waals surface area contributed by atoms with Crippen LogP contribution in [0.15, 0.2) is 23.8 Å². The molecule has 4 fully saturated rings. The molecular formula is C28H39FO5. The first-order chi connectivity index (χ1) is 15.8. The summed E-state index contributed by atoms with van der Waals surface area (Å²) in [5.74, 6) is -0.362. The van der Waals surface area contributed by atoms with E-state index in [-0.39, 0.29) is 47.4 Å². The van der Waals surface area contributed by atoms with Crippen molar-refractivity contribution in [3.8, 4) is 0 Å². The highest BCUT2D eigenvalue weighted by molar-refractivity contribution is 6.01. The largest absolute Gasteiger partial charge is 0.388 e. The van der Waals surface area contributed by atoms with E-state index in [9.17, 15) is 14.7 Å². The third-order valence-electron chi connectivity index (χ3n) is 9.99. The number of alkyl halides is 1. The van der Waals surface area contributed by atoms with E-state index in [1.54, 1.807) is 6.08 Å². The number of rotatable bonds is 4. The molecule has 0 aromatic carbocycles. The summed E-state index contributed by atoms with van der Waals surface area (Å²) in [7, 11) is 0. The summed E-state index contributed by atoms with van der Waals surface area (Å²) < 4.78 is 29.0. The van der Waals surface area contributed by atoms with E-state index in [4.69, 9.17) is 9.47 Å². The molecule has 0 aromatic heterocycles. The molecule has 5 rings (SSSR count). The highest BCUT2D eigenvalue weighted by Crippen LogP contribution is 2.72. The van der Waals surface area contributed by atoms with E-state index in [1.165, 1.54) is 6.08 Å². The number of ether oxygens (including phenoxy) is 2. The molecule has 34 heavy (non-hydrogen) atoms. The summed E-state index contributed by atoms with van der Waals surface area (Å²) in [6.45, 7) is 11.7. The van der Waals surface area contributed by atoms with Gasteiger partial charge < -0.3 is 14.6 Å². The molecule has 188 valence electrons. The van der Waals surface area contributed by atoms with Gasteiger partial charge in [0.2, 0.25) is 0 Å². The number of hydrogen-bond donors (Lipinski definition) is 1. The maximum absolute atomic E-state index is 15.8. The maximum Gasteiger partial charge on any atom is 0.190 e. The van der Waals surface area contributed by atoms with Gasteiger partial charge in [0.25, 0.3) is 0 Å². The molecule has 1 saturated heterocycles. The van der Waals surface area contributed by atoms with Crippen molar-refractivity contribution >= 4 is 11.6 Å². The first kappa shape index (κ1) is 24.3. The van der Waals surface area contributed by atoms with Crippen LogP contribution < -0.4 is 0 Å². The van der Waals surface area contributed by atoms with Crippen molar-refractivity contribution < 1.29 is 28.6 Å². The standard InChI is InChI=1S/C28H39FO5/c1-15(2)33-22-13-27(6)19(9-16-12-25(3,4)34-28(16,27)23(32)14-30)18-11-21(29)20-10-17(31)7-8-26(20,5)24(18)22/h7-8,10,15-16,18-19,21-22,24,30H,9,11-14H2,1-6H3/t16-,18-,19-,21-,22-,24+,26-,27-,28-/m0/s1. The van der Waals surface area contributed by atoms with Crippen LogP contribution in [0.25, 0.3) is 0 Å². The van der Waals surface area contributed by atoms with Crippen molar-refractivity contribution in [1.29, 1.82) is 0 Å². The molecule has 0 aromatic rings. The molecule has 1 aliphatic heterocycles. The highest BCUT2D eigenvalue weighted by Gasteiger charge is 2.76. The van der Waals surface area contributed by atoms with Gasteiger partial charge in [-0.3, -0.25) is 9.59 Å². The number of allylic oxidation sites excluding steroid dienone is 4. The zero-order valence-electron chi connectivity index (χ0n) is 21.3. The average molecular weight is 475 g/mol. The minimum Gasteiger partial charge on any atom is -0.388 e. The van der Waals surface area contributed by atoms with Gasteiger partial charge in [-0.15, -0.1) is 0 Å². The Morgan fingerprint density at radius 3 is 2.59 bits per heavy atom. The number of aliphatic hydroxyl groups is 1. The number of carbonyl (C=O) groups is 2. The second-order valence-electron chi connectivity index (χ2n) is 12.8. The summed E-state index contributed by atoms with van der Waals surface area (Å²) in [5.41, 5.74) is -2.15. The van der Waals surface area contributed by atoms with E-state index >= 15 is 4.39 Å². The lowest BCUT2D eigenvalue weighted by Gasteiger charge is -2.61. The Morgan fingerprint density at radius 2 is 1.94 bits per heavy atom. The summed E-state index contributed by atoms with van der Waals surface area (Å²) in [6, 6.07) is 0. The molecule has 5 aliphatic rings. The molecule has 1 heterocycles. The zero-order valence-corrected chi connectivity index (χ0v) is 21.3. The van der Waals surface area contributed by atoms with Crippen molar-refractivity contribution in [1.82, 2.24) is 0 Å². The lowest BCUT2D eigenvalue weighted by Crippen LogP contribution is -2.64. The fourth-order valence-corrected chi connectivity index (χ4v) is 9.14. The van der Waals surface area contributed by atoms with Gasteiger partial charge in [-0.2, -0.15) is 0 Å². The van der Waals surface area contributed by atoms with E-state index in [0.717, 1.165) is 12.8 Å². The Hall–Kier alpha value is -1.37. The minimum absolute atomic E-state index is 0.00342. The van der Waals surface area contributed by atoms with E-state index in [2.05, 4.69) is 13.8 Å². The Morgan fingerprint density at radius 1 is 1.24 bits per heavy atom. The number of hydrogen-bond acceptors (Lipinski definition) is 5. The number of aliphatic hydroxyl groups excluding tert-OH is 1. The fraction of sp³-hybridized carbons (Fsp3) is 0.786. The normalized spacial score (nSPS) is 48.7. The smallest absolute Gasteiger partial charge is 0.190 e. The van der Waals surface area contributed by atoms with Crippen LogP contribution in [0.3, 0.4) is 0 Å². The number of carbonyl (C=O) groups excluding carboxylic acids is 2. The van der Waals surface area contributed by atoms with E-state index < -0.39 is 34.8 Å². The van der Waals surface area contributed by atoms with E-state index in [0.29, 0.717) is 18.4 Å². The van der Waals surface area contributed by atoms with Gasteiger partial charge in [-0.25, -0.2) is 4.39 Å². The van der Waals surface area contributed by atoms with Crippen molar-refractivity contribution in [2.45, 2.75) is 96.8 Å². The second kappa shape index (κ2) is 7.57. The van der Waals surface area contributed by atoms with Crippen LogP contribution in [-0.2, 0) is 19.1 Å². The third-order valence-corrected chi connectivity index (χ3v) is 9.99. The van der Waals surface area contributed by atoms with Crippen LogP contribution in [0.2, 0.25) is 0 Å². The second-order valence-corrected chi connectivity index (χ2v) is 12.8. The quantitative estimate of drug-likeness (QED) is 0.655. The number of fused-ring (bicyclic) bond motifs is 7. The average Bonchev–Trinajstić information content (AvgIpc) is 3.14. The Bertz CT molecular complexity index is 968. The van der Waals surface area contributed by atoms with Crippen LogP contribution in [-0.4, -0.2) is 52.9 Å². The van der Waals surface area contributed by atoms with Gasteiger partial charge in [-0.05, 0) is 88.9 Å². The fourth-order valence-electron chi connectivity index (χ4n) is 9.14. The number of Topliss-reactive ketones (excluding diaryl/α,β-unsaturated/α-hetero) is 1. The minimum atomic E-state index is -1.20. The Labute approximate surface area is 202 Å². The molecule has 0 bridgehead atoms. The van der Waals surface area contributed by atoms with Crippen LogP contribution >= 0.6 is 0 Å². The monoisotopic (exact) mass is 474 g/mol. The molecule has 9 atom stereocenters. The molecule has 1 N–H and O–H groups in total. The van der Waals surface area contributed by atoms with Crippen molar-refractivity contribution in [2.75, 3.05) is 6.61 Å². The highest BCUT2D eigenvalue weighted by atomic mass is 19.1. The molecular weight excluding hydrogens is 435 g/mol. The summed E-state index contributed by atoms with van der Waals surface area (Å²) >= 11 is 0. The SMILES string of the molecule is CC(C)O[C@H]1C[C@@]2(C)[C@@H](C[C@H]3CC(C)(C)O[C@]32C(=O)CO)[C@@H]2C[C@H](F)C3=CC(=O)C=C[C@]3(C)[C@H]21. The van der Waals surface area contributed by atoms with Gasteiger partial charge >= 0.3 is 0 Å². The molecule has 0 spiro atoms. The van der Waals surface area contributed by atoms with Gasteiger partial charge in [0.15, 0.2) is 11.6 Å². The van der Waals surface area contributed by atoms with Crippen molar-refractivity contribution in [3.05, 3.63) is 23.8 Å². The third kappa shape index (κ3) is 3.07. The lowest BCUT2D eigenvalue weighted by atomic mass is 9.45. The van der Waals surface area contributed by atoms with Crippen molar-refractivity contribution in [3.63, 3.8) is 0 Å². The Kier molecular flexibility index (Phi) is 5.41. The topological polar surface area (TPSA) is 72.8 Å². The molecule has 4 aliphatic carbocycles. The van der Waals surface area contributed by atoms with Gasteiger partial charge in [-0.1, -0.05) is 19.9 Å². The summed E-state index contributed by atoms with van der Waals surface area (Å²) in [4.78, 5) is 25.7. The number of ketones is 2. The molecule has 6 heteroatoms. The summed E-state index contributed by atoms with van der Waals surface area (Å²) in [5, 5.41) is 10.0. The predicted octanol–water partition coefficient (Wildman–Crippen LogP) is 4.37. The van der Waals surface area contributed by atoms with Crippen LogP contribution in [0.4, 0.5) is 4.39 Å². The molecule has 0 unspecified atom stereocenters. The molecule has 0 radical (unpaired) electrons. The van der Waals surface area contributed by atoms with Crippen LogP contribution in [0, 0.1) is 34.5 Å².